The smallest absolute Gasteiger partial charge is 0.186 e. The molecule has 3 heterocycles. The molecule has 128 valence electrons. The molecule has 2 saturated heterocycles. The Morgan fingerprint density at radius 1 is 1.25 bits per heavy atom. The third-order valence-corrected chi connectivity index (χ3v) is 4.23. The van der Waals surface area contributed by atoms with E-state index in [1.165, 1.54) is 4.68 Å². The molecular formula is C17H21N3O4. The van der Waals surface area contributed by atoms with Crippen LogP contribution in [0.15, 0.2) is 36.5 Å². The Morgan fingerprint density at radius 2 is 2.00 bits per heavy atom. The fourth-order valence-electron chi connectivity index (χ4n) is 3.22. The number of hydrogen-bond donors (Lipinski definition) is 0. The normalized spacial score (nSPS) is 31.9. The van der Waals surface area contributed by atoms with Crippen LogP contribution in [0.4, 0.5) is 0 Å². The van der Waals surface area contributed by atoms with E-state index < -0.39 is 12.1 Å². The van der Waals surface area contributed by atoms with Crippen LogP contribution in [0.3, 0.4) is 0 Å². The van der Waals surface area contributed by atoms with Gasteiger partial charge in [-0.1, -0.05) is 35.5 Å². The number of rotatable bonds is 4. The zero-order chi connectivity index (χ0) is 17.6. The third-order valence-electron chi connectivity index (χ3n) is 4.23. The topological polar surface area (TPSA) is 67.6 Å². The largest absolute Gasteiger partial charge is 0.353 e. The van der Waals surface area contributed by atoms with E-state index in [1.54, 1.807) is 7.11 Å². The van der Waals surface area contributed by atoms with Crippen LogP contribution >= 0.6 is 0 Å². The highest BCUT2D eigenvalue weighted by Crippen LogP contribution is 2.39. The summed E-state index contributed by atoms with van der Waals surface area (Å²) in [6, 6.07) is 9.56. The van der Waals surface area contributed by atoms with Crippen molar-refractivity contribution in [3.05, 3.63) is 36.5 Å². The molecule has 0 aliphatic carbocycles. The molecule has 0 bridgehead atoms. The van der Waals surface area contributed by atoms with Gasteiger partial charge in [0.05, 0.1) is 14.1 Å². The van der Waals surface area contributed by atoms with E-state index in [2.05, 4.69) is 10.3 Å². The van der Waals surface area contributed by atoms with Gasteiger partial charge in [-0.25, -0.2) is 4.68 Å². The average Bonchev–Trinajstić information content (AvgIpc) is 3.21. The van der Waals surface area contributed by atoms with E-state index in [9.17, 15) is 0 Å². The van der Waals surface area contributed by atoms with Gasteiger partial charge in [0.15, 0.2) is 12.1 Å². The lowest BCUT2D eigenvalue weighted by Crippen LogP contribution is -2.33. The van der Waals surface area contributed by atoms with E-state index in [-0.39, 0.29) is 24.5 Å². The summed E-state index contributed by atoms with van der Waals surface area (Å²) in [7, 11) is 1.58. The van der Waals surface area contributed by atoms with Crippen LogP contribution in [0, 0.1) is 0 Å². The Kier molecular flexibility index (Phi) is 3.59. The Labute approximate surface area is 141 Å². The highest BCUT2D eigenvalue weighted by molar-refractivity contribution is 5.57. The minimum atomic E-state index is -0.685. The highest BCUT2D eigenvalue weighted by Gasteiger charge is 2.55. The molecule has 2 aliphatic rings. The molecule has 24 heavy (non-hydrogen) atoms. The van der Waals surface area contributed by atoms with Gasteiger partial charge in [0, 0.05) is 12.7 Å². The fraction of sp³-hybridized carbons (Fsp3) is 0.529. The first-order chi connectivity index (χ1) is 12.0. The van der Waals surface area contributed by atoms with Gasteiger partial charge in [-0.3, -0.25) is 0 Å². The summed E-state index contributed by atoms with van der Waals surface area (Å²) >= 11 is 0. The zero-order valence-corrected chi connectivity index (χ0v) is 13.9. The maximum absolute atomic E-state index is 8.37. The predicted molar refractivity (Wildman–Crippen MR) is 85.0 cm³/mol. The van der Waals surface area contributed by atoms with Gasteiger partial charge in [-0.05, 0) is 13.8 Å². The molecule has 7 nitrogen and oxygen atoms in total. The predicted octanol–water partition coefficient (Wildman–Crippen LogP) is 1.84. The van der Waals surface area contributed by atoms with Crippen molar-refractivity contribution in [2.45, 2.75) is 50.8 Å². The number of benzene rings is 1. The van der Waals surface area contributed by atoms with Gasteiger partial charge in [0.1, 0.15) is 24.0 Å². The van der Waals surface area contributed by atoms with Crippen molar-refractivity contribution in [2.75, 3.05) is 7.11 Å². The quantitative estimate of drug-likeness (QED) is 0.851. The van der Waals surface area contributed by atoms with E-state index >= 15 is 0 Å². The lowest BCUT2D eigenvalue weighted by Gasteiger charge is -2.23. The number of aromatic nitrogens is 3. The van der Waals surface area contributed by atoms with Gasteiger partial charge >= 0.3 is 0 Å². The van der Waals surface area contributed by atoms with Gasteiger partial charge in [-0.2, -0.15) is 0 Å². The molecule has 4 atom stereocenters. The molecule has 1 unspecified atom stereocenters. The summed E-state index contributed by atoms with van der Waals surface area (Å²) < 4.78 is 33.0. The zero-order valence-electron chi connectivity index (χ0n) is 14.9. The molecule has 0 N–H and O–H groups in total. The van der Waals surface area contributed by atoms with Crippen LogP contribution in [-0.2, 0) is 25.5 Å². The van der Waals surface area contributed by atoms with Gasteiger partial charge < -0.3 is 18.9 Å². The molecule has 4 rings (SSSR count). The molecule has 2 fully saturated rings. The van der Waals surface area contributed by atoms with Crippen molar-refractivity contribution in [3.63, 3.8) is 0 Å². The van der Waals surface area contributed by atoms with Crippen molar-refractivity contribution in [3.8, 4) is 11.3 Å². The summed E-state index contributed by atoms with van der Waals surface area (Å²) in [5.74, 6) is -0.685. The number of fused-ring (bicyclic) bond motifs is 1. The molecule has 2 aromatic rings. The number of methoxy groups -OCH3 is 1. The van der Waals surface area contributed by atoms with Crippen LogP contribution in [0.25, 0.3) is 11.3 Å². The van der Waals surface area contributed by atoms with Crippen molar-refractivity contribution in [1.29, 1.82) is 0 Å². The van der Waals surface area contributed by atoms with Gasteiger partial charge in [-0.15, -0.1) is 5.10 Å². The monoisotopic (exact) mass is 332 g/mol. The summed E-state index contributed by atoms with van der Waals surface area (Å²) in [5, 5.41) is 8.27. The van der Waals surface area contributed by atoms with E-state index in [0.717, 1.165) is 5.56 Å². The van der Waals surface area contributed by atoms with Crippen LogP contribution in [0.2, 0.25) is 0 Å². The lowest BCUT2D eigenvalue weighted by atomic mass is 10.1. The second kappa shape index (κ2) is 5.93. The van der Waals surface area contributed by atoms with Crippen molar-refractivity contribution in [2.24, 2.45) is 0 Å². The Morgan fingerprint density at radius 3 is 2.75 bits per heavy atom. The first kappa shape index (κ1) is 14.5. The molecule has 0 spiro atoms. The number of hydrogen-bond acceptors (Lipinski definition) is 6. The summed E-state index contributed by atoms with van der Waals surface area (Å²) in [6.45, 7) is 4.08. The number of nitrogens with zero attached hydrogens (tertiary/aromatic N) is 3. The summed E-state index contributed by atoms with van der Waals surface area (Å²) in [5.41, 5.74) is 1.41. The highest BCUT2D eigenvalue weighted by atomic mass is 16.8. The standard InChI is InChI=1S/C17H21N3O4/c1-17(2)23-14-13(22-16(21-3)15(14)24-17)10-20-9-12(18-19-20)11-7-5-4-6-8-11/h4-9,13-16H,10H2,1-3H3/t13-,14-,15-,16?/m1/s1/i9D. The molecule has 2 aliphatic heterocycles. The maximum atomic E-state index is 8.37. The molecular weight excluding hydrogens is 310 g/mol. The minimum absolute atomic E-state index is 0.241. The van der Waals surface area contributed by atoms with Crippen LogP contribution in [-0.4, -0.2) is 52.5 Å². The lowest BCUT2D eigenvalue weighted by molar-refractivity contribution is -0.228. The van der Waals surface area contributed by atoms with Crippen LogP contribution in [0.5, 0.6) is 0 Å². The summed E-state index contributed by atoms with van der Waals surface area (Å²) in [4.78, 5) is 0. The van der Waals surface area contributed by atoms with Crippen molar-refractivity contribution in [1.82, 2.24) is 15.0 Å². The molecule has 1 aromatic heterocycles. The second-order valence-corrected chi connectivity index (χ2v) is 6.44. The van der Waals surface area contributed by atoms with E-state index in [0.29, 0.717) is 12.2 Å². The van der Waals surface area contributed by atoms with Crippen LogP contribution in [0.1, 0.15) is 15.2 Å². The Hall–Kier alpha value is -1.80. The Balaban J connectivity index is 1.56. The Bertz CT molecular complexity index is 752. The van der Waals surface area contributed by atoms with E-state index in [1.807, 2.05) is 44.2 Å². The third kappa shape index (κ3) is 2.84. The van der Waals surface area contributed by atoms with Crippen molar-refractivity contribution < 1.29 is 20.3 Å². The molecule has 7 heteroatoms. The average molecular weight is 332 g/mol. The van der Waals surface area contributed by atoms with Crippen molar-refractivity contribution >= 4 is 0 Å². The first-order valence-corrected chi connectivity index (χ1v) is 7.98. The summed E-state index contributed by atoms with van der Waals surface area (Å²) in [6.07, 6.45) is -1.15. The maximum Gasteiger partial charge on any atom is 0.186 e. The number of ether oxygens (including phenoxy) is 4. The molecule has 0 radical (unpaired) electrons. The van der Waals surface area contributed by atoms with Gasteiger partial charge in [0.2, 0.25) is 0 Å². The van der Waals surface area contributed by atoms with Crippen LogP contribution < -0.4 is 0 Å². The van der Waals surface area contributed by atoms with E-state index in [4.69, 9.17) is 20.3 Å². The molecule has 1 aromatic carbocycles. The SMILES string of the molecule is [2H]c1c(-c2ccccc2)nnn1C[C@H]1OC(OC)[C@@H]2OC(C)(C)O[C@H]12. The first-order valence-electron chi connectivity index (χ1n) is 8.48. The molecule has 0 amide bonds. The minimum Gasteiger partial charge on any atom is -0.353 e. The van der Waals surface area contributed by atoms with Gasteiger partial charge in [0.25, 0.3) is 0 Å². The fourth-order valence-corrected chi connectivity index (χ4v) is 3.22. The molecule has 0 saturated carbocycles. The second-order valence-electron chi connectivity index (χ2n) is 6.44.